The van der Waals surface area contributed by atoms with E-state index < -0.39 is 5.97 Å². The highest BCUT2D eigenvalue weighted by Crippen LogP contribution is 2.64. The van der Waals surface area contributed by atoms with Crippen molar-refractivity contribution in [1.29, 1.82) is 0 Å². The molecule has 0 saturated heterocycles. The smallest absolute Gasteiger partial charge is 0.335 e. The maximum absolute atomic E-state index is 14.7. The van der Waals surface area contributed by atoms with Crippen LogP contribution in [-0.4, -0.2) is 11.1 Å². The van der Waals surface area contributed by atoms with E-state index in [1.165, 1.54) is 12.5 Å². The van der Waals surface area contributed by atoms with Gasteiger partial charge >= 0.3 is 5.97 Å². The molecular formula is C21H19ClFNO2. The van der Waals surface area contributed by atoms with Crippen molar-refractivity contribution in [3.8, 4) is 0 Å². The van der Waals surface area contributed by atoms with Gasteiger partial charge in [-0.3, -0.25) is 0 Å². The number of halogens is 2. The molecule has 5 heteroatoms. The van der Waals surface area contributed by atoms with E-state index in [1.54, 1.807) is 18.2 Å². The second-order valence-electron chi connectivity index (χ2n) is 7.80. The Labute approximate surface area is 156 Å². The molecule has 1 heterocycles. The Morgan fingerprint density at radius 3 is 2.77 bits per heavy atom. The number of carbonyl (C=O) groups is 1. The summed E-state index contributed by atoms with van der Waals surface area (Å²) in [5.41, 5.74) is 2.85. The van der Waals surface area contributed by atoms with E-state index in [-0.39, 0.29) is 23.7 Å². The zero-order valence-corrected chi connectivity index (χ0v) is 14.8. The van der Waals surface area contributed by atoms with Gasteiger partial charge in [0.2, 0.25) is 0 Å². The maximum Gasteiger partial charge on any atom is 0.335 e. The van der Waals surface area contributed by atoms with E-state index in [0.717, 1.165) is 24.1 Å². The normalized spacial score (nSPS) is 31.2. The minimum absolute atomic E-state index is 0.174. The van der Waals surface area contributed by atoms with Gasteiger partial charge in [-0.05, 0) is 78.8 Å². The van der Waals surface area contributed by atoms with Gasteiger partial charge in [0.1, 0.15) is 5.82 Å². The molecule has 2 saturated carbocycles. The fourth-order valence-electron chi connectivity index (χ4n) is 5.72. The fourth-order valence-corrected chi connectivity index (χ4v) is 6.00. The van der Waals surface area contributed by atoms with Crippen LogP contribution in [0, 0.1) is 23.6 Å². The average Bonchev–Trinajstić information content (AvgIpc) is 3.23. The van der Waals surface area contributed by atoms with Crippen molar-refractivity contribution in [2.45, 2.75) is 31.2 Å². The third kappa shape index (κ3) is 2.21. The molecule has 1 aliphatic heterocycles. The van der Waals surface area contributed by atoms with Crippen molar-refractivity contribution in [3.05, 3.63) is 63.9 Å². The van der Waals surface area contributed by atoms with Crippen LogP contribution in [0.1, 0.15) is 52.7 Å². The SMILES string of the molecule is O=C(O)c1ccc2c(c1)[C@H]1[C@H]3CC[C@@H](C3)[C@H]1[C@H](c1c(F)cccc1Cl)N2. The van der Waals surface area contributed by atoms with Gasteiger partial charge in [-0.2, -0.15) is 0 Å². The molecule has 0 spiro atoms. The molecular weight excluding hydrogens is 353 g/mol. The van der Waals surface area contributed by atoms with E-state index in [4.69, 9.17) is 11.6 Å². The Hall–Kier alpha value is -2.07. The second kappa shape index (κ2) is 5.71. The summed E-state index contributed by atoms with van der Waals surface area (Å²) in [5, 5.41) is 13.3. The largest absolute Gasteiger partial charge is 0.478 e. The van der Waals surface area contributed by atoms with Crippen LogP contribution in [0.5, 0.6) is 0 Å². The van der Waals surface area contributed by atoms with Crippen LogP contribution in [0.15, 0.2) is 36.4 Å². The van der Waals surface area contributed by atoms with E-state index in [9.17, 15) is 14.3 Å². The van der Waals surface area contributed by atoms with Gasteiger partial charge in [0.05, 0.1) is 11.6 Å². The number of anilines is 1. The Balaban J connectivity index is 1.67. The monoisotopic (exact) mass is 371 g/mol. The molecule has 0 unspecified atom stereocenters. The first-order chi connectivity index (χ1) is 12.5. The van der Waals surface area contributed by atoms with Gasteiger partial charge in [0, 0.05) is 16.3 Å². The third-order valence-electron chi connectivity index (χ3n) is 6.64. The van der Waals surface area contributed by atoms with Crippen molar-refractivity contribution in [2.75, 3.05) is 5.32 Å². The van der Waals surface area contributed by atoms with Crippen LogP contribution < -0.4 is 5.32 Å². The highest BCUT2D eigenvalue weighted by atomic mass is 35.5. The van der Waals surface area contributed by atoms with Crippen LogP contribution in [-0.2, 0) is 0 Å². The number of carboxylic acids is 1. The van der Waals surface area contributed by atoms with Gasteiger partial charge in [-0.25, -0.2) is 9.18 Å². The molecule has 2 N–H and O–H groups in total. The summed E-state index contributed by atoms with van der Waals surface area (Å²) in [4.78, 5) is 11.4. The average molecular weight is 372 g/mol. The van der Waals surface area contributed by atoms with Crippen molar-refractivity contribution < 1.29 is 14.3 Å². The summed E-state index contributed by atoms with van der Waals surface area (Å²) in [6, 6.07) is 9.91. The number of nitrogens with one attached hydrogen (secondary N) is 1. The highest BCUT2D eigenvalue weighted by molar-refractivity contribution is 6.31. The lowest BCUT2D eigenvalue weighted by molar-refractivity contribution is 0.0696. The van der Waals surface area contributed by atoms with E-state index in [2.05, 4.69) is 5.32 Å². The number of hydrogen-bond acceptors (Lipinski definition) is 2. The fraction of sp³-hybridized carbons (Fsp3) is 0.381. The maximum atomic E-state index is 14.7. The number of benzene rings is 2. The van der Waals surface area contributed by atoms with Crippen LogP contribution >= 0.6 is 11.6 Å². The zero-order valence-electron chi connectivity index (χ0n) is 14.1. The van der Waals surface area contributed by atoms with Crippen molar-refractivity contribution >= 4 is 23.3 Å². The first-order valence-electron chi connectivity index (χ1n) is 9.12. The zero-order chi connectivity index (χ0) is 18.0. The second-order valence-corrected chi connectivity index (χ2v) is 8.21. The molecule has 2 bridgehead atoms. The first kappa shape index (κ1) is 16.1. The molecule has 2 aliphatic carbocycles. The van der Waals surface area contributed by atoms with Gasteiger partial charge < -0.3 is 10.4 Å². The Morgan fingerprint density at radius 2 is 2.00 bits per heavy atom. The minimum Gasteiger partial charge on any atom is -0.478 e. The summed E-state index contributed by atoms with van der Waals surface area (Å²) in [7, 11) is 0. The third-order valence-corrected chi connectivity index (χ3v) is 6.97. The van der Waals surface area contributed by atoms with E-state index in [1.807, 2.05) is 12.1 Å². The number of carboxylic acid groups (broad SMARTS) is 1. The van der Waals surface area contributed by atoms with Crippen molar-refractivity contribution in [3.63, 3.8) is 0 Å². The summed E-state index contributed by atoms with van der Waals surface area (Å²) < 4.78 is 14.7. The molecule has 3 nitrogen and oxygen atoms in total. The number of aromatic carboxylic acids is 1. The molecule has 0 amide bonds. The topological polar surface area (TPSA) is 49.3 Å². The minimum atomic E-state index is -0.910. The van der Waals surface area contributed by atoms with Crippen LogP contribution in [0.3, 0.4) is 0 Å². The molecule has 2 aromatic carbocycles. The Bertz CT molecular complexity index is 895. The molecule has 5 rings (SSSR count). The lowest BCUT2D eigenvalue weighted by Gasteiger charge is -2.43. The van der Waals surface area contributed by atoms with Gasteiger partial charge in [0.15, 0.2) is 0 Å². The Morgan fingerprint density at radius 1 is 1.19 bits per heavy atom. The molecule has 26 heavy (non-hydrogen) atoms. The molecule has 0 aromatic heterocycles. The van der Waals surface area contributed by atoms with Gasteiger partial charge in [-0.1, -0.05) is 17.7 Å². The van der Waals surface area contributed by atoms with Crippen LogP contribution in [0.4, 0.5) is 10.1 Å². The number of rotatable bonds is 2. The van der Waals surface area contributed by atoms with Crippen molar-refractivity contribution in [2.24, 2.45) is 17.8 Å². The number of hydrogen-bond donors (Lipinski definition) is 2. The molecule has 2 aromatic rings. The van der Waals surface area contributed by atoms with Gasteiger partial charge in [0.25, 0.3) is 0 Å². The van der Waals surface area contributed by atoms with Gasteiger partial charge in [-0.15, -0.1) is 0 Å². The van der Waals surface area contributed by atoms with Crippen LogP contribution in [0.2, 0.25) is 5.02 Å². The highest BCUT2D eigenvalue weighted by Gasteiger charge is 2.54. The van der Waals surface area contributed by atoms with Crippen LogP contribution in [0.25, 0.3) is 0 Å². The molecule has 0 radical (unpaired) electrons. The lowest BCUT2D eigenvalue weighted by Crippen LogP contribution is -2.36. The molecule has 5 atom stereocenters. The molecule has 2 fully saturated rings. The van der Waals surface area contributed by atoms with E-state index >= 15 is 0 Å². The summed E-state index contributed by atoms with van der Waals surface area (Å²) >= 11 is 6.39. The predicted molar refractivity (Wildman–Crippen MR) is 98.2 cm³/mol. The first-order valence-corrected chi connectivity index (χ1v) is 9.50. The Kier molecular flexibility index (Phi) is 3.54. The quantitative estimate of drug-likeness (QED) is 0.735. The summed E-state index contributed by atoms with van der Waals surface area (Å²) in [5.74, 6) is 0.404. The summed E-state index contributed by atoms with van der Waals surface area (Å²) in [6.07, 6.45) is 3.46. The molecule has 134 valence electrons. The van der Waals surface area contributed by atoms with Crippen molar-refractivity contribution in [1.82, 2.24) is 0 Å². The predicted octanol–water partition coefficient (Wildman–Crippen LogP) is 5.47. The number of fused-ring (bicyclic) bond motifs is 7. The van der Waals surface area contributed by atoms with E-state index in [0.29, 0.717) is 28.0 Å². The summed E-state index contributed by atoms with van der Waals surface area (Å²) in [6.45, 7) is 0. The lowest BCUT2D eigenvalue weighted by atomic mass is 9.68. The molecule has 3 aliphatic rings. The standard InChI is InChI=1S/C21H19ClFNO2/c22-14-2-1-3-15(23)19(14)20-18-11-5-4-10(8-11)17(18)13-9-12(21(25)26)6-7-16(13)24-20/h1-3,6-7,9-11,17-18,20,24H,4-5,8H2,(H,25,26)/t10-,11-,17+,18+,20+/m0/s1.